The zero-order valence-corrected chi connectivity index (χ0v) is 7.29. The Balaban J connectivity index is 2.38. The monoisotopic (exact) mass is 196 g/mol. The fourth-order valence-electron chi connectivity index (χ4n) is 1.10. The van der Waals surface area contributed by atoms with Gasteiger partial charge >= 0.3 is 0 Å². The number of aromatic nitrogens is 4. The Morgan fingerprint density at radius 3 is 3.14 bits per heavy atom. The minimum absolute atomic E-state index is 0.166. The number of fused-ring (bicyclic) bond motifs is 1. The summed E-state index contributed by atoms with van der Waals surface area (Å²) in [7, 11) is 0. The van der Waals surface area contributed by atoms with Crippen LogP contribution in [0.1, 0.15) is 0 Å². The van der Waals surface area contributed by atoms with E-state index in [0.717, 1.165) is 0 Å². The molecule has 2 rings (SSSR count). The number of hydrogen-bond donors (Lipinski definition) is 3. The first-order valence-electron chi connectivity index (χ1n) is 4.07. The van der Waals surface area contributed by atoms with Crippen LogP contribution < -0.4 is 11.1 Å². The maximum absolute atomic E-state index is 11.9. The van der Waals surface area contributed by atoms with Crippen molar-refractivity contribution in [2.75, 3.05) is 24.3 Å². The lowest BCUT2D eigenvalue weighted by molar-refractivity contribution is 0.512. The first-order chi connectivity index (χ1) is 6.81. The summed E-state index contributed by atoms with van der Waals surface area (Å²) in [6.07, 6.45) is 1.55. The van der Waals surface area contributed by atoms with Crippen LogP contribution in [0.25, 0.3) is 11.0 Å². The van der Waals surface area contributed by atoms with Crippen molar-refractivity contribution in [3.8, 4) is 0 Å². The molecule has 0 saturated heterocycles. The molecule has 0 bridgehead atoms. The number of halogens is 1. The lowest BCUT2D eigenvalue weighted by atomic mass is 10.4. The second-order valence-electron chi connectivity index (χ2n) is 2.68. The second-order valence-corrected chi connectivity index (χ2v) is 2.68. The van der Waals surface area contributed by atoms with Crippen LogP contribution in [-0.2, 0) is 0 Å². The van der Waals surface area contributed by atoms with Gasteiger partial charge in [-0.25, -0.2) is 4.39 Å². The quantitative estimate of drug-likeness (QED) is 0.657. The molecule has 4 N–H and O–H groups in total. The topological polar surface area (TPSA) is 92.5 Å². The minimum Gasteiger partial charge on any atom is -0.383 e. The molecule has 2 heterocycles. The SMILES string of the molecule is Nc1nc(NCCF)nc2[nH]ncc12. The van der Waals surface area contributed by atoms with Crippen molar-refractivity contribution in [1.82, 2.24) is 20.2 Å². The standard InChI is InChI=1S/C7H9FN6/c8-1-2-10-7-12-5(9)4-3-11-14-6(4)13-7/h3H,1-2H2,(H4,9,10,11,12,13,14). The summed E-state index contributed by atoms with van der Waals surface area (Å²) >= 11 is 0. The summed E-state index contributed by atoms with van der Waals surface area (Å²) in [4.78, 5) is 7.99. The molecule has 0 spiro atoms. The van der Waals surface area contributed by atoms with Crippen molar-refractivity contribution in [3.05, 3.63) is 6.20 Å². The van der Waals surface area contributed by atoms with Crippen molar-refractivity contribution >= 4 is 22.8 Å². The highest BCUT2D eigenvalue weighted by Crippen LogP contribution is 2.16. The number of aromatic amines is 1. The van der Waals surface area contributed by atoms with E-state index in [1.807, 2.05) is 0 Å². The molecule has 74 valence electrons. The van der Waals surface area contributed by atoms with Gasteiger partial charge in [0.25, 0.3) is 0 Å². The number of hydrogen-bond acceptors (Lipinski definition) is 5. The Kier molecular flexibility index (Phi) is 2.13. The Bertz CT molecular complexity index is 439. The predicted molar refractivity (Wildman–Crippen MR) is 50.6 cm³/mol. The first kappa shape index (κ1) is 8.67. The van der Waals surface area contributed by atoms with Crippen LogP contribution in [0.5, 0.6) is 0 Å². The molecule has 2 aromatic heterocycles. The zero-order valence-electron chi connectivity index (χ0n) is 7.29. The highest BCUT2D eigenvalue weighted by atomic mass is 19.1. The molecule has 0 unspecified atom stereocenters. The van der Waals surface area contributed by atoms with Gasteiger partial charge in [0, 0.05) is 6.54 Å². The highest BCUT2D eigenvalue weighted by Gasteiger charge is 2.05. The highest BCUT2D eigenvalue weighted by molar-refractivity contribution is 5.85. The van der Waals surface area contributed by atoms with Crippen molar-refractivity contribution in [1.29, 1.82) is 0 Å². The van der Waals surface area contributed by atoms with Gasteiger partial charge in [0.15, 0.2) is 5.65 Å². The third-order valence-corrected chi connectivity index (χ3v) is 1.72. The molecule has 6 nitrogen and oxygen atoms in total. The van der Waals surface area contributed by atoms with E-state index in [1.165, 1.54) is 0 Å². The van der Waals surface area contributed by atoms with E-state index in [2.05, 4.69) is 25.5 Å². The molecule has 0 radical (unpaired) electrons. The summed E-state index contributed by atoms with van der Waals surface area (Å²) in [5.74, 6) is 0.627. The largest absolute Gasteiger partial charge is 0.383 e. The van der Waals surface area contributed by atoms with E-state index >= 15 is 0 Å². The lowest BCUT2D eigenvalue weighted by Gasteiger charge is -2.02. The van der Waals surface area contributed by atoms with E-state index in [9.17, 15) is 4.39 Å². The smallest absolute Gasteiger partial charge is 0.226 e. The van der Waals surface area contributed by atoms with Gasteiger partial charge in [0.05, 0.1) is 11.6 Å². The van der Waals surface area contributed by atoms with Gasteiger partial charge in [-0.15, -0.1) is 0 Å². The third kappa shape index (κ3) is 1.43. The van der Waals surface area contributed by atoms with Gasteiger partial charge in [0.2, 0.25) is 5.95 Å². The fraction of sp³-hybridized carbons (Fsp3) is 0.286. The molecule has 0 fully saturated rings. The van der Waals surface area contributed by atoms with Crippen LogP contribution in [0.4, 0.5) is 16.2 Å². The molecule has 7 heteroatoms. The van der Waals surface area contributed by atoms with Crippen LogP contribution in [0.3, 0.4) is 0 Å². The number of rotatable bonds is 3. The van der Waals surface area contributed by atoms with E-state index in [4.69, 9.17) is 5.73 Å². The second kappa shape index (κ2) is 3.44. The van der Waals surface area contributed by atoms with E-state index in [-0.39, 0.29) is 6.54 Å². The average Bonchev–Trinajstić information content (AvgIpc) is 2.63. The van der Waals surface area contributed by atoms with Crippen LogP contribution in [0.15, 0.2) is 6.20 Å². The number of H-pyrrole nitrogens is 1. The fourth-order valence-corrected chi connectivity index (χ4v) is 1.10. The Morgan fingerprint density at radius 1 is 1.50 bits per heavy atom. The van der Waals surface area contributed by atoms with Gasteiger partial charge in [-0.3, -0.25) is 5.10 Å². The van der Waals surface area contributed by atoms with E-state index in [1.54, 1.807) is 6.20 Å². The Hall–Kier alpha value is -1.92. The maximum atomic E-state index is 11.9. The molecule has 0 atom stereocenters. The predicted octanol–water partition coefficient (Wildman–Crippen LogP) is 0.316. The number of anilines is 2. The Labute approximate surface area is 78.7 Å². The molecule has 14 heavy (non-hydrogen) atoms. The summed E-state index contributed by atoms with van der Waals surface area (Å²) in [6.45, 7) is -0.316. The molecule has 0 amide bonds. The minimum atomic E-state index is -0.482. The van der Waals surface area contributed by atoms with Crippen molar-refractivity contribution in [2.24, 2.45) is 0 Å². The molecule has 2 aromatic rings. The number of nitrogens with two attached hydrogens (primary N) is 1. The zero-order chi connectivity index (χ0) is 9.97. The van der Waals surface area contributed by atoms with Crippen molar-refractivity contribution in [2.45, 2.75) is 0 Å². The lowest BCUT2D eigenvalue weighted by Crippen LogP contribution is -2.08. The number of nitrogens with one attached hydrogen (secondary N) is 2. The normalized spacial score (nSPS) is 10.6. The molecule has 0 aliphatic carbocycles. The van der Waals surface area contributed by atoms with Gasteiger partial charge in [0.1, 0.15) is 12.5 Å². The molecular formula is C7H9FN6. The van der Waals surface area contributed by atoms with Crippen LogP contribution in [-0.4, -0.2) is 33.4 Å². The van der Waals surface area contributed by atoms with Gasteiger partial charge in [-0.05, 0) is 0 Å². The third-order valence-electron chi connectivity index (χ3n) is 1.72. The summed E-state index contributed by atoms with van der Waals surface area (Å²) in [6, 6.07) is 0. The van der Waals surface area contributed by atoms with Crippen molar-refractivity contribution in [3.63, 3.8) is 0 Å². The molecule has 0 aliphatic rings. The van der Waals surface area contributed by atoms with Crippen LogP contribution in [0.2, 0.25) is 0 Å². The first-order valence-corrected chi connectivity index (χ1v) is 4.07. The summed E-state index contributed by atoms with van der Waals surface area (Å²) in [5.41, 5.74) is 6.17. The van der Waals surface area contributed by atoms with E-state index < -0.39 is 6.67 Å². The van der Waals surface area contributed by atoms with Gasteiger partial charge < -0.3 is 11.1 Å². The van der Waals surface area contributed by atoms with Crippen LogP contribution in [0, 0.1) is 0 Å². The van der Waals surface area contributed by atoms with Gasteiger partial charge in [-0.2, -0.15) is 15.1 Å². The average molecular weight is 196 g/mol. The molecule has 0 aliphatic heterocycles. The number of alkyl halides is 1. The number of nitrogens with zero attached hydrogens (tertiary/aromatic N) is 3. The molecular weight excluding hydrogens is 187 g/mol. The molecule has 0 aromatic carbocycles. The summed E-state index contributed by atoms with van der Waals surface area (Å²) < 4.78 is 11.9. The number of nitrogen functional groups attached to an aromatic ring is 1. The maximum Gasteiger partial charge on any atom is 0.226 e. The van der Waals surface area contributed by atoms with Gasteiger partial charge in [-0.1, -0.05) is 0 Å². The summed E-state index contributed by atoms with van der Waals surface area (Å²) in [5, 5.41) is 9.79. The molecule has 0 saturated carbocycles. The van der Waals surface area contributed by atoms with E-state index in [0.29, 0.717) is 22.8 Å². The Morgan fingerprint density at radius 2 is 2.36 bits per heavy atom. The van der Waals surface area contributed by atoms with Crippen molar-refractivity contribution < 1.29 is 4.39 Å². The van der Waals surface area contributed by atoms with Crippen LogP contribution >= 0.6 is 0 Å².